The molecule has 0 amide bonds. The van der Waals surface area contributed by atoms with Crippen LogP contribution in [0.2, 0.25) is 0 Å². The molecule has 15 heavy (non-hydrogen) atoms. The smallest absolute Gasteiger partial charge is 0.165 e. The monoisotopic (exact) mass is 209 g/mol. The fourth-order valence-electron chi connectivity index (χ4n) is 2.26. The summed E-state index contributed by atoms with van der Waals surface area (Å²) in [4.78, 5) is 0. The summed E-state index contributed by atoms with van der Waals surface area (Å²) in [5.41, 5.74) is 6.07. The molecule has 1 saturated carbocycles. The lowest BCUT2D eigenvalue weighted by atomic mass is 9.75. The van der Waals surface area contributed by atoms with Gasteiger partial charge in [-0.05, 0) is 41.5 Å². The highest BCUT2D eigenvalue weighted by atomic mass is 15.6. The fourth-order valence-corrected chi connectivity index (χ4v) is 2.26. The normalized spacial score (nSPS) is 21.8. The van der Waals surface area contributed by atoms with Crippen molar-refractivity contribution < 1.29 is 0 Å². The van der Waals surface area contributed by atoms with Crippen molar-refractivity contribution in [3.05, 3.63) is 5.82 Å². The summed E-state index contributed by atoms with van der Waals surface area (Å²) >= 11 is 0. The van der Waals surface area contributed by atoms with E-state index in [0.29, 0.717) is 18.0 Å². The molecule has 0 aromatic carbocycles. The van der Waals surface area contributed by atoms with Gasteiger partial charge in [-0.3, -0.25) is 0 Å². The summed E-state index contributed by atoms with van der Waals surface area (Å²) < 4.78 is 1.91. The molecule has 1 fully saturated rings. The van der Waals surface area contributed by atoms with Gasteiger partial charge in [0.25, 0.3) is 0 Å². The van der Waals surface area contributed by atoms with Crippen molar-refractivity contribution in [2.45, 2.75) is 52.1 Å². The highest BCUT2D eigenvalue weighted by molar-refractivity contribution is 4.87. The van der Waals surface area contributed by atoms with Crippen LogP contribution in [0.25, 0.3) is 0 Å². The van der Waals surface area contributed by atoms with Crippen LogP contribution in [0.5, 0.6) is 0 Å². The Bertz CT molecular complexity index is 320. The van der Waals surface area contributed by atoms with Gasteiger partial charge in [0.2, 0.25) is 0 Å². The van der Waals surface area contributed by atoms with Crippen molar-refractivity contribution in [1.29, 1.82) is 0 Å². The Morgan fingerprint density at radius 2 is 2.07 bits per heavy atom. The van der Waals surface area contributed by atoms with E-state index in [1.54, 1.807) is 0 Å². The number of hydrogen-bond acceptors (Lipinski definition) is 4. The van der Waals surface area contributed by atoms with E-state index in [0.717, 1.165) is 18.7 Å². The Hall–Kier alpha value is -0.970. The fraction of sp³-hybridized carbons (Fsp3) is 0.900. The van der Waals surface area contributed by atoms with E-state index in [4.69, 9.17) is 5.73 Å². The summed E-state index contributed by atoms with van der Waals surface area (Å²) in [6, 6.07) is 0.451. The van der Waals surface area contributed by atoms with E-state index in [1.807, 2.05) is 4.68 Å². The van der Waals surface area contributed by atoms with Gasteiger partial charge < -0.3 is 5.73 Å². The van der Waals surface area contributed by atoms with Gasteiger partial charge in [0, 0.05) is 0 Å². The molecule has 0 bridgehead atoms. The number of tetrazole rings is 1. The molecule has 5 nitrogen and oxygen atoms in total. The average Bonchev–Trinajstić information content (AvgIpc) is 2.65. The third-order valence-electron chi connectivity index (χ3n) is 3.40. The highest BCUT2D eigenvalue weighted by Crippen LogP contribution is 2.39. The first-order chi connectivity index (χ1) is 7.12. The lowest BCUT2D eigenvalue weighted by molar-refractivity contribution is 0.182. The van der Waals surface area contributed by atoms with E-state index in [9.17, 15) is 0 Å². The maximum atomic E-state index is 5.59. The predicted octanol–water partition coefficient (Wildman–Crippen LogP) is 1.27. The molecule has 0 atom stereocenters. The van der Waals surface area contributed by atoms with E-state index >= 15 is 0 Å². The third-order valence-corrected chi connectivity index (χ3v) is 3.40. The molecule has 1 aromatic heterocycles. The minimum Gasteiger partial charge on any atom is -0.324 e. The molecule has 0 aliphatic heterocycles. The highest BCUT2D eigenvalue weighted by Gasteiger charge is 2.29. The van der Waals surface area contributed by atoms with Crippen molar-refractivity contribution in [3.8, 4) is 0 Å². The summed E-state index contributed by atoms with van der Waals surface area (Å²) in [5.74, 6) is 0.805. The van der Waals surface area contributed by atoms with Crippen molar-refractivity contribution in [1.82, 2.24) is 20.2 Å². The van der Waals surface area contributed by atoms with Gasteiger partial charge >= 0.3 is 0 Å². The average molecular weight is 209 g/mol. The topological polar surface area (TPSA) is 69.6 Å². The van der Waals surface area contributed by atoms with Gasteiger partial charge in [-0.25, -0.2) is 4.68 Å². The molecule has 0 spiro atoms. The standard InChI is InChI=1S/C10H19N5/c1-10(2)5-3-8(4-6-10)15-9(7-11)12-13-14-15/h8H,3-7,11H2,1-2H3. The van der Waals surface area contributed by atoms with Gasteiger partial charge in [-0.2, -0.15) is 0 Å². The van der Waals surface area contributed by atoms with Gasteiger partial charge in [-0.15, -0.1) is 5.10 Å². The zero-order valence-electron chi connectivity index (χ0n) is 9.48. The van der Waals surface area contributed by atoms with Crippen LogP contribution in [-0.2, 0) is 6.54 Å². The first kappa shape index (κ1) is 10.5. The number of aromatic nitrogens is 4. The van der Waals surface area contributed by atoms with Gasteiger partial charge in [0.15, 0.2) is 5.82 Å². The van der Waals surface area contributed by atoms with Crippen LogP contribution in [-0.4, -0.2) is 20.2 Å². The molecule has 1 aliphatic rings. The second kappa shape index (κ2) is 3.89. The molecule has 5 heteroatoms. The largest absolute Gasteiger partial charge is 0.324 e. The Morgan fingerprint density at radius 3 is 2.67 bits per heavy atom. The van der Waals surface area contributed by atoms with Crippen molar-refractivity contribution in [2.75, 3.05) is 0 Å². The molecule has 84 valence electrons. The van der Waals surface area contributed by atoms with E-state index in [2.05, 4.69) is 29.4 Å². The number of nitrogens with two attached hydrogens (primary N) is 1. The second-order valence-corrected chi connectivity index (χ2v) is 5.14. The Morgan fingerprint density at radius 1 is 1.40 bits per heavy atom. The third kappa shape index (κ3) is 2.17. The first-order valence-electron chi connectivity index (χ1n) is 5.59. The van der Waals surface area contributed by atoms with Crippen LogP contribution in [0, 0.1) is 5.41 Å². The zero-order chi connectivity index (χ0) is 10.9. The molecule has 0 radical (unpaired) electrons. The summed E-state index contributed by atoms with van der Waals surface area (Å²) in [6.45, 7) is 5.08. The van der Waals surface area contributed by atoms with E-state index in [1.165, 1.54) is 12.8 Å². The zero-order valence-corrected chi connectivity index (χ0v) is 9.48. The SMILES string of the molecule is CC1(C)CCC(n2nnnc2CN)CC1. The Kier molecular flexibility index (Phi) is 2.73. The molecule has 1 aliphatic carbocycles. The maximum absolute atomic E-state index is 5.59. The Balaban J connectivity index is 2.07. The number of hydrogen-bond donors (Lipinski definition) is 1. The molecule has 0 unspecified atom stereocenters. The first-order valence-corrected chi connectivity index (χ1v) is 5.59. The van der Waals surface area contributed by atoms with Crippen LogP contribution in [0.3, 0.4) is 0 Å². The summed E-state index contributed by atoms with van der Waals surface area (Å²) in [6.07, 6.45) is 4.79. The molecular formula is C10H19N5. The van der Waals surface area contributed by atoms with Crippen molar-refractivity contribution in [3.63, 3.8) is 0 Å². The van der Waals surface area contributed by atoms with Gasteiger partial charge in [-0.1, -0.05) is 13.8 Å². The van der Waals surface area contributed by atoms with Crippen LogP contribution < -0.4 is 5.73 Å². The van der Waals surface area contributed by atoms with Gasteiger partial charge in [0.05, 0.1) is 12.6 Å². The second-order valence-electron chi connectivity index (χ2n) is 5.14. The molecular weight excluding hydrogens is 190 g/mol. The lowest BCUT2D eigenvalue weighted by Gasteiger charge is -2.34. The van der Waals surface area contributed by atoms with E-state index < -0.39 is 0 Å². The van der Waals surface area contributed by atoms with Crippen LogP contribution in [0.15, 0.2) is 0 Å². The van der Waals surface area contributed by atoms with Crippen LogP contribution in [0.1, 0.15) is 51.4 Å². The quantitative estimate of drug-likeness (QED) is 0.796. The Labute approximate surface area is 90.0 Å². The van der Waals surface area contributed by atoms with Crippen LogP contribution in [0.4, 0.5) is 0 Å². The van der Waals surface area contributed by atoms with E-state index in [-0.39, 0.29) is 0 Å². The maximum Gasteiger partial charge on any atom is 0.165 e. The minimum atomic E-state index is 0.424. The molecule has 2 rings (SSSR count). The summed E-state index contributed by atoms with van der Waals surface area (Å²) in [5, 5.41) is 11.6. The molecule has 2 N–H and O–H groups in total. The lowest BCUT2D eigenvalue weighted by Crippen LogP contribution is -2.25. The molecule has 0 saturated heterocycles. The molecule has 1 heterocycles. The van der Waals surface area contributed by atoms with Crippen LogP contribution >= 0.6 is 0 Å². The minimum absolute atomic E-state index is 0.424. The van der Waals surface area contributed by atoms with Gasteiger partial charge in [0.1, 0.15) is 0 Å². The number of rotatable bonds is 2. The van der Waals surface area contributed by atoms with Crippen molar-refractivity contribution >= 4 is 0 Å². The molecule has 1 aromatic rings. The predicted molar refractivity (Wildman–Crippen MR) is 57.0 cm³/mol. The number of nitrogens with zero attached hydrogens (tertiary/aromatic N) is 4. The summed E-state index contributed by atoms with van der Waals surface area (Å²) in [7, 11) is 0. The van der Waals surface area contributed by atoms with Crippen molar-refractivity contribution in [2.24, 2.45) is 11.1 Å².